The number of benzene rings is 1. The van der Waals surface area contributed by atoms with Crippen molar-refractivity contribution in [2.75, 3.05) is 7.05 Å². The van der Waals surface area contributed by atoms with Gasteiger partial charge in [0.25, 0.3) is 0 Å². The molecule has 0 radical (unpaired) electrons. The maximum atomic E-state index is 13.2. The smallest absolute Gasteiger partial charge is 0.142 e. The van der Waals surface area contributed by atoms with Crippen molar-refractivity contribution >= 4 is 11.6 Å². The Labute approximate surface area is 94.4 Å². The first kappa shape index (κ1) is 12.3. The van der Waals surface area contributed by atoms with E-state index < -0.39 is 5.82 Å². The third-order valence-corrected chi connectivity index (χ3v) is 2.28. The first-order valence-electron chi connectivity index (χ1n) is 4.84. The molecule has 1 aromatic carbocycles. The second-order valence-electron chi connectivity index (χ2n) is 3.53. The van der Waals surface area contributed by atoms with Gasteiger partial charge in [-0.2, -0.15) is 0 Å². The molecule has 0 fully saturated rings. The lowest BCUT2D eigenvalue weighted by Crippen LogP contribution is -2.12. The van der Waals surface area contributed by atoms with E-state index in [4.69, 9.17) is 16.3 Å². The van der Waals surface area contributed by atoms with Crippen molar-refractivity contribution in [1.82, 2.24) is 5.32 Å². The molecule has 0 saturated heterocycles. The van der Waals surface area contributed by atoms with Gasteiger partial charge in [0.1, 0.15) is 11.6 Å². The maximum Gasteiger partial charge on any atom is 0.142 e. The Bertz CT molecular complexity index is 342. The number of halogens is 2. The predicted octanol–water partition coefficient (Wildman–Crippen LogP) is 2.99. The van der Waals surface area contributed by atoms with Crippen LogP contribution in [0.2, 0.25) is 5.02 Å². The van der Waals surface area contributed by atoms with Crippen molar-refractivity contribution in [2.45, 2.75) is 26.5 Å². The zero-order chi connectivity index (χ0) is 11.4. The highest BCUT2D eigenvalue weighted by atomic mass is 35.5. The van der Waals surface area contributed by atoms with Crippen LogP contribution in [0.25, 0.3) is 0 Å². The molecule has 0 bridgehead atoms. The highest BCUT2D eigenvalue weighted by Crippen LogP contribution is 2.29. The highest BCUT2D eigenvalue weighted by molar-refractivity contribution is 6.31. The summed E-state index contributed by atoms with van der Waals surface area (Å²) < 4.78 is 18.7. The molecule has 1 aromatic rings. The van der Waals surface area contributed by atoms with Crippen molar-refractivity contribution in [2.24, 2.45) is 0 Å². The van der Waals surface area contributed by atoms with Crippen molar-refractivity contribution in [3.05, 3.63) is 28.5 Å². The second kappa shape index (κ2) is 5.33. The lowest BCUT2D eigenvalue weighted by molar-refractivity contribution is 0.239. The topological polar surface area (TPSA) is 21.3 Å². The lowest BCUT2D eigenvalue weighted by atomic mass is 10.2. The van der Waals surface area contributed by atoms with E-state index in [9.17, 15) is 4.39 Å². The normalized spacial score (nSPS) is 10.8. The van der Waals surface area contributed by atoms with Gasteiger partial charge in [-0.3, -0.25) is 0 Å². The minimum atomic E-state index is -0.418. The van der Waals surface area contributed by atoms with E-state index in [0.29, 0.717) is 17.9 Å². The summed E-state index contributed by atoms with van der Waals surface area (Å²) in [5.74, 6) is 0.212. The highest BCUT2D eigenvalue weighted by Gasteiger charge is 2.13. The van der Waals surface area contributed by atoms with Gasteiger partial charge in [-0.15, -0.1) is 0 Å². The van der Waals surface area contributed by atoms with Crippen molar-refractivity contribution < 1.29 is 9.13 Å². The van der Waals surface area contributed by atoms with Crippen molar-refractivity contribution in [1.29, 1.82) is 0 Å². The molecule has 0 aliphatic carbocycles. The minimum Gasteiger partial charge on any atom is -0.491 e. The Morgan fingerprint density at radius 2 is 2.13 bits per heavy atom. The van der Waals surface area contributed by atoms with Crippen LogP contribution in [0.1, 0.15) is 19.4 Å². The average Bonchev–Trinajstić information content (AvgIpc) is 2.17. The summed E-state index contributed by atoms with van der Waals surface area (Å²) in [4.78, 5) is 0. The zero-order valence-electron chi connectivity index (χ0n) is 9.10. The zero-order valence-corrected chi connectivity index (χ0v) is 9.86. The van der Waals surface area contributed by atoms with Gasteiger partial charge in [-0.25, -0.2) is 4.39 Å². The molecule has 0 atom stereocenters. The molecule has 0 saturated carbocycles. The standard InChI is InChI=1S/C11H15ClFNO/c1-7(2)15-10-5-4-9(13)11(12)8(10)6-14-3/h4-5,7,14H,6H2,1-3H3. The summed E-state index contributed by atoms with van der Waals surface area (Å²) in [6, 6.07) is 2.92. The van der Waals surface area contributed by atoms with Gasteiger partial charge in [-0.05, 0) is 33.0 Å². The molecule has 0 unspecified atom stereocenters. The van der Waals surface area contributed by atoms with Gasteiger partial charge in [0.15, 0.2) is 0 Å². The number of nitrogens with one attached hydrogen (secondary N) is 1. The molecule has 0 aliphatic rings. The van der Waals surface area contributed by atoms with Crippen LogP contribution in [0, 0.1) is 5.82 Å². The first-order valence-corrected chi connectivity index (χ1v) is 5.22. The monoisotopic (exact) mass is 231 g/mol. The van der Waals surface area contributed by atoms with Crippen LogP contribution in [0.3, 0.4) is 0 Å². The summed E-state index contributed by atoms with van der Waals surface area (Å²) in [7, 11) is 1.78. The van der Waals surface area contributed by atoms with Gasteiger partial charge in [0, 0.05) is 12.1 Å². The molecule has 15 heavy (non-hydrogen) atoms. The Kier molecular flexibility index (Phi) is 4.36. The lowest BCUT2D eigenvalue weighted by Gasteiger charge is -2.15. The molecule has 0 aliphatic heterocycles. The number of rotatable bonds is 4. The van der Waals surface area contributed by atoms with Crippen LogP contribution >= 0.6 is 11.6 Å². The molecule has 4 heteroatoms. The number of hydrogen-bond donors (Lipinski definition) is 1. The van der Waals surface area contributed by atoms with E-state index in [1.165, 1.54) is 6.07 Å². The van der Waals surface area contributed by atoms with Gasteiger partial charge in [0.2, 0.25) is 0 Å². The van der Waals surface area contributed by atoms with Gasteiger partial charge in [-0.1, -0.05) is 11.6 Å². The average molecular weight is 232 g/mol. The maximum absolute atomic E-state index is 13.2. The molecule has 1 rings (SSSR count). The van der Waals surface area contributed by atoms with E-state index in [1.807, 2.05) is 13.8 Å². The Balaban J connectivity index is 3.08. The van der Waals surface area contributed by atoms with Crippen LogP contribution < -0.4 is 10.1 Å². The molecule has 0 spiro atoms. The van der Waals surface area contributed by atoms with Crippen molar-refractivity contribution in [3.8, 4) is 5.75 Å². The summed E-state index contributed by atoms with van der Waals surface area (Å²) >= 11 is 5.87. The number of ether oxygens (including phenoxy) is 1. The quantitative estimate of drug-likeness (QED) is 0.860. The fourth-order valence-electron chi connectivity index (χ4n) is 1.28. The Morgan fingerprint density at radius 3 is 2.67 bits per heavy atom. The SMILES string of the molecule is CNCc1c(OC(C)C)ccc(F)c1Cl. The van der Waals surface area contributed by atoms with Crippen molar-refractivity contribution in [3.63, 3.8) is 0 Å². The molecule has 2 nitrogen and oxygen atoms in total. The third kappa shape index (κ3) is 3.08. The van der Waals surface area contributed by atoms with E-state index in [1.54, 1.807) is 13.1 Å². The van der Waals surface area contributed by atoms with Crippen LogP contribution in [0.4, 0.5) is 4.39 Å². The molecular weight excluding hydrogens is 217 g/mol. The predicted molar refractivity (Wildman–Crippen MR) is 59.9 cm³/mol. The van der Waals surface area contributed by atoms with Crippen LogP contribution in [0.5, 0.6) is 5.75 Å². The fraction of sp³-hybridized carbons (Fsp3) is 0.455. The second-order valence-corrected chi connectivity index (χ2v) is 3.91. The minimum absolute atomic E-state index is 0.0436. The molecule has 0 amide bonds. The largest absolute Gasteiger partial charge is 0.491 e. The Morgan fingerprint density at radius 1 is 1.47 bits per heavy atom. The summed E-state index contributed by atoms with van der Waals surface area (Å²) in [6.45, 7) is 4.32. The summed E-state index contributed by atoms with van der Waals surface area (Å²) in [5.41, 5.74) is 0.660. The Hall–Kier alpha value is -0.800. The van der Waals surface area contributed by atoms with E-state index in [-0.39, 0.29) is 11.1 Å². The van der Waals surface area contributed by atoms with Gasteiger partial charge < -0.3 is 10.1 Å². The van der Waals surface area contributed by atoms with E-state index in [0.717, 1.165) is 0 Å². The first-order chi connectivity index (χ1) is 7.06. The molecular formula is C11H15ClFNO. The van der Waals surface area contributed by atoms with Crippen LogP contribution in [-0.4, -0.2) is 13.2 Å². The summed E-state index contributed by atoms with van der Waals surface area (Å²) in [6.07, 6.45) is 0.0436. The third-order valence-electron chi connectivity index (χ3n) is 1.87. The fourth-order valence-corrected chi connectivity index (χ4v) is 1.50. The molecule has 0 heterocycles. The van der Waals surface area contributed by atoms with Crippen LogP contribution in [0.15, 0.2) is 12.1 Å². The molecule has 0 aromatic heterocycles. The number of hydrogen-bond acceptors (Lipinski definition) is 2. The van der Waals surface area contributed by atoms with E-state index >= 15 is 0 Å². The van der Waals surface area contributed by atoms with Crippen LogP contribution in [-0.2, 0) is 6.54 Å². The molecule has 84 valence electrons. The summed E-state index contributed by atoms with van der Waals surface area (Å²) in [5, 5.41) is 3.06. The van der Waals surface area contributed by atoms with E-state index in [2.05, 4.69) is 5.32 Å². The van der Waals surface area contributed by atoms with Gasteiger partial charge in [0.05, 0.1) is 11.1 Å². The molecule has 1 N–H and O–H groups in total. The van der Waals surface area contributed by atoms with Gasteiger partial charge >= 0.3 is 0 Å².